The number of aromatic nitrogens is 1. The number of nitrogens with one attached hydrogen (secondary N) is 2. The molecule has 1 atom stereocenters. The molecule has 1 aromatic rings. The van der Waals surface area contributed by atoms with Crippen molar-refractivity contribution in [2.45, 2.75) is 25.4 Å². The Labute approximate surface area is 110 Å². The minimum Gasteiger partial charge on any atom is -0.409 e. The second-order valence-electron chi connectivity index (χ2n) is 4.46. The number of hydrogen-bond donors (Lipinski definition) is 4. The standard InChI is InChI=1S/C12H17N5O2/c13-12(17-19)10-5-8(3-4-14-10)6-15-9-1-2-11(18)16-7-9/h3-5,9,15,19H,1-2,6-7H2,(H2,13,17)(H,16,18). The average Bonchev–Trinajstić information content (AvgIpc) is 2.46. The van der Waals surface area contributed by atoms with Gasteiger partial charge in [-0.3, -0.25) is 9.78 Å². The third-order valence-corrected chi connectivity index (χ3v) is 3.05. The number of amides is 1. The highest BCUT2D eigenvalue weighted by molar-refractivity contribution is 5.95. The molecule has 7 heteroatoms. The summed E-state index contributed by atoms with van der Waals surface area (Å²) in [5.74, 6) is 0.1000. The number of nitrogens with two attached hydrogens (primary N) is 1. The topological polar surface area (TPSA) is 113 Å². The van der Waals surface area contributed by atoms with Crippen LogP contribution in [0.25, 0.3) is 0 Å². The summed E-state index contributed by atoms with van der Waals surface area (Å²) >= 11 is 0. The van der Waals surface area contributed by atoms with Gasteiger partial charge < -0.3 is 21.6 Å². The molecule has 1 unspecified atom stereocenters. The van der Waals surface area contributed by atoms with E-state index in [9.17, 15) is 4.79 Å². The summed E-state index contributed by atoms with van der Waals surface area (Å²) in [6.07, 6.45) is 3.01. The van der Waals surface area contributed by atoms with Crippen LogP contribution in [0.4, 0.5) is 0 Å². The lowest BCUT2D eigenvalue weighted by Gasteiger charge is -2.23. The fraction of sp³-hybridized carbons (Fsp3) is 0.417. The Morgan fingerprint density at radius 2 is 2.53 bits per heavy atom. The van der Waals surface area contributed by atoms with Crippen molar-refractivity contribution in [2.75, 3.05) is 6.54 Å². The first kappa shape index (κ1) is 13.3. The van der Waals surface area contributed by atoms with Gasteiger partial charge in [0.25, 0.3) is 0 Å². The van der Waals surface area contributed by atoms with Gasteiger partial charge in [-0.1, -0.05) is 5.16 Å². The molecule has 102 valence electrons. The minimum absolute atomic E-state index is 0.00761. The van der Waals surface area contributed by atoms with E-state index in [1.54, 1.807) is 12.3 Å². The molecule has 1 amide bonds. The molecule has 0 aliphatic carbocycles. The fourth-order valence-corrected chi connectivity index (χ4v) is 1.94. The predicted molar refractivity (Wildman–Crippen MR) is 69.6 cm³/mol. The molecule has 1 aliphatic rings. The smallest absolute Gasteiger partial charge is 0.220 e. The number of amidine groups is 1. The van der Waals surface area contributed by atoms with E-state index in [2.05, 4.69) is 20.8 Å². The lowest BCUT2D eigenvalue weighted by atomic mass is 10.1. The van der Waals surface area contributed by atoms with Crippen molar-refractivity contribution >= 4 is 11.7 Å². The largest absolute Gasteiger partial charge is 0.409 e. The third kappa shape index (κ3) is 3.65. The zero-order valence-corrected chi connectivity index (χ0v) is 10.5. The minimum atomic E-state index is -0.00761. The van der Waals surface area contributed by atoms with Crippen molar-refractivity contribution in [2.24, 2.45) is 10.9 Å². The highest BCUT2D eigenvalue weighted by Gasteiger charge is 2.17. The first-order valence-corrected chi connectivity index (χ1v) is 6.12. The van der Waals surface area contributed by atoms with E-state index in [1.165, 1.54) is 0 Å². The highest BCUT2D eigenvalue weighted by atomic mass is 16.4. The van der Waals surface area contributed by atoms with Crippen LogP contribution in [0.15, 0.2) is 23.5 Å². The molecule has 0 radical (unpaired) electrons. The second-order valence-corrected chi connectivity index (χ2v) is 4.46. The fourth-order valence-electron chi connectivity index (χ4n) is 1.94. The van der Waals surface area contributed by atoms with Crippen LogP contribution in [0, 0.1) is 0 Å². The average molecular weight is 263 g/mol. The van der Waals surface area contributed by atoms with Gasteiger partial charge in [-0.15, -0.1) is 0 Å². The van der Waals surface area contributed by atoms with Crippen LogP contribution in [0.2, 0.25) is 0 Å². The summed E-state index contributed by atoms with van der Waals surface area (Å²) in [5, 5.41) is 17.7. The highest BCUT2D eigenvalue weighted by Crippen LogP contribution is 2.06. The van der Waals surface area contributed by atoms with E-state index in [0.29, 0.717) is 25.2 Å². The number of carbonyl (C=O) groups excluding carboxylic acids is 1. The van der Waals surface area contributed by atoms with Crippen LogP contribution >= 0.6 is 0 Å². The molecular weight excluding hydrogens is 246 g/mol. The number of pyridine rings is 1. The van der Waals surface area contributed by atoms with Gasteiger partial charge in [0.2, 0.25) is 5.91 Å². The lowest BCUT2D eigenvalue weighted by Crippen LogP contribution is -2.45. The van der Waals surface area contributed by atoms with Crippen LogP contribution in [-0.4, -0.2) is 34.5 Å². The molecule has 0 saturated carbocycles. The third-order valence-electron chi connectivity index (χ3n) is 3.05. The SMILES string of the molecule is NC(=NO)c1cc(CNC2CCC(=O)NC2)ccn1. The molecular formula is C12H17N5O2. The van der Waals surface area contributed by atoms with Crippen LogP contribution < -0.4 is 16.4 Å². The number of piperidine rings is 1. The summed E-state index contributed by atoms with van der Waals surface area (Å²) in [4.78, 5) is 15.1. The Kier molecular flexibility index (Phi) is 4.30. The van der Waals surface area contributed by atoms with E-state index in [4.69, 9.17) is 10.9 Å². The van der Waals surface area contributed by atoms with Crippen molar-refractivity contribution in [1.82, 2.24) is 15.6 Å². The van der Waals surface area contributed by atoms with Crippen molar-refractivity contribution < 1.29 is 10.0 Å². The van der Waals surface area contributed by atoms with Gasteiger partial charge in [0, 0.05) is 31.7 Å². The quantitative estimate of drug-likeness (QED) is 0.254. The molecule has 0 spiro atoms. The van der Waals surface area contributed by atoms with Gasteiger partial charge in [0.05, 0.1) is 0 Å². The van der Waals surface area contributed by atoms with E-state index in [0.717, 1.165) is 12.0 Å². The molecule has 5 N–H and O–H groups in total. The van der Waals surface area contributed by atoms with Crippen molar-refractivity contribution in [3.05, 3.63) is 29.6 Å². The zero-order valence-electron chi connectivity index (χ0n) is 10.5. The zero-order chi connectivity index (χ0) is 13.7. The van der Waals surface area contributed by atoms with Crippen LogP contribution in [0.5, 0.6) is 0 Å². The number of carbonyl (C=O) groups is 1. The van der Waals surface area contributed by atoms with Gasteiger partial charge in [0.15, 0.2) is 5.84 Å². The van der Waals surface area contributed by atoms with Crippen LogP contribution in [-0.2, 0) is 11.3 Å². The Morgan fingerprint density at radius 3 is 3.21 bits per heavy atom. The normalized spacial score (nSPS) is 20.1. The number of nitrogens with zero attached hydrogens (tertiary/aromatic N) is 2. The summed E-state index contributed by atoms with van der Waals surface area (Å²) in [6, 6.07) is 3.91. The molecule has 1 fully saturated rings. The maximum absolute atomic E-state index is 11.0. The molecule has 0 aromatic carbocycles. The maximum Gasteiger partial charge on any atom is 0.220 e. The number of rotatable bonds is 4. The number of oxime groups is 1. The Hall–Kier alpha value is -2.15. The van der Waals surface area contributed by atoms with Gasteiger partial charge in [-0.25, -0.2) is 0 Å². The van der Waals surface area contributed by atoms with E-state index in [1.807, 2.05) is 6.07 Å². The van der Waals surface area contributed by atoms with Crippen molar-refractivity contribution in [3.8, 4) is 0 Å². The summed E-state index contributed by atoms with van der Waals surface area (Å²) in [7, 11) is 0. The van der Waals surface area contributed by atoms with Crippen LogP contribution in [0.3, 0.4) is 0 Å². The summed E-state index contributed by atoms with van der Waals surface area (Å²) in [5.41, 5.74) is 6.92. The second kappa shape index (κ2) is 6.14. The van der Waals surface area contributed by atoms with Gasteiger partial charge in [-0.05, 0) is 24.1 Å². The van der Waals surface area contributed by atoms with Gasteiger partial charge >= 0.3 is 0 Å². The molecule has 7 nitrogen and oxygen atoms in total. The summed E-state index contributed by atoms with van der Waals surface area (Å²) in [6.45, 7) is 1.30. The molecule has 1 aliphatic heterocycles. The molecule has 0 bridgehead atoms. The summed E-state index contributed by atoms with van der Waals surface area (Å²) < 4.78 is 0. The van der Waals surface area contributed by atoms with E-state index in [-0.39, 0.29) is 17.8 Å². The predicted octanol–water partition coefficient (Wildman–Crippen LogP) is -0.456. The van der Waals surface area contributed by atoms with E-state index >= 15 is 0 Å². The monoisotopic (exact) mass is 263 g/mol. The molecule has 19 heavy (non-hydrogen) atoms. The van der Waals surface area contributed by atoms with Crippen molar-refractivity contribution in [1.29, 1.82) is 0 Å². The first-order valence-electron chi connectivity index (χ1n) is 6.12. The van der Waals surface area contributed by atoms with Gasteiger partial charge in [-0.2, -0.15) is 0 Å². The maximum atomic E-state index is 11.0. The number of hydrogen-bond acceptors (Lipinski definition) is 5. The van der Waals surface area contributed by atoms with Gasteiger partial charge in [0.1, 0.15) is 5.69 Å². The molecule has 1 saturated heterocycles. The van der Waals surface area contributed by atoms with Crippen molar-refractivity contribution in [3.63, 3.8) is 0 Å². The molecule has 2 rings (SSSR count). The molecule has 1 aromatic heterocycles. The Balaban J connectivity index is 1.91. The van der Waals surface area contributed by atoms with Crippen LogP contribution in [0.1, 0.15) is 24.1 Å². The Bertz CT molecular complexity index is 479. The first-order chi connectivity index (χ1) is 9.19. The Morgan fingerprint density at radius 1 is 1.68 bits per heavy atom. The van der Waals surface area contributed by atoms with E-state index < -0.39 is 0 Å². The molecule has 2 heterocycles. The lowest BCUT2D eigenvalue weighted by molar-refractivity contribution is -0.122.